The van der Waals surface area contributed by atoms with Crippen molar-refractivity contribution in [2.24, 2.45) is 0 Å². The molecule has 0 aliphatic carbocycles. The van der Waals surface area contributed by atoms with E-state index in [9.17, 15) is 9.59 Å². The number of imide groups is 1. The molecule has 0 spiro atoms. The maximum atomic E-state index is 12.9. The first kappa shape index (κ1) is 17.9. The van der Waals surface area contributed by atoms with Crippen LogP contribution in [0.5, 0.6) is 0 Å². The molecule has 140 valence electrons. The molecule has 2 heterocycles. The van der Waals surface area contributed by atoms with Crippen molar-refractivity contribution < 1.29 is 9.59 Å². The lowest BCUT2D eigenvalue weighted by atomic mass is 9.88. The zero-order valence-electron chi connectivity index (χ0n) is 15.8. The zero-order chi connectivity index (χ0) is 18.8. The monoisotopic (exact) mass is 362 g/mol. The van der Waals surface area contributed by atoms with Crippen LogP contribution in [0.25, 0.3) is 0 Å². The van der Waals surface area contributed by atoms with Gasteiger partial charge in [0, 0.05) is 0 Å². The Morgan fingerprint density at radius 1 is 0.926 bits per heavy atom. The quantitative estimate of drug-likeness (QED) is 0.782. The minimum absolute atomic E-state index is 0.0300. The third kappa shape index (κ3) is 3.81. The Bertz CT molecular complexity index is 808. The van der Waals surface area contributed by atoms with Crippen LogP contribution in [0.3, 0.4) is 0 Å². The molecule has 0 unspecified atom stereocenters. The van der Waals surface area contributed by atoms with Gasteiger partial charge in [-0.15, -0.1) is 0 Å². The van der Waals surface area contributed by atoms with Gasteiger partial charge in [0.05, 0.1) is 19.0 Å². The Morgan fingerprint density at radius 2 is 1.59 bits per heavy atom. The first-order chi connectivity index (χ1) is 13.1. The Balaban J connectivity index is 1.38. The van der Waals surface area contributed by atoms with Crippen LogP contribution in [0.2, 0.25) is 0 Å². The highest BCUT2D eigenvalue weighted by atomic mass is 16.2. The largest absolute Gasteiger partial charge is 0.291 e. The Kier molecular flexibility index (Phi) is 5.08. The van der Waals surface area contributed by atoms with Crippen LogP contribution >= 0.6 is 0 Å². The van der Waals surface area contributed by atoms with Gasteiger partial charge in [0.25, 0.3) is 0 Å². The SMILES string of the molecule is Cc1ccc(C2CCN([C@@H]3CC(=O)N(Cc4ccccc4)C3=O)CC2)cc1. The van der Waals surface area contributed by atoms with Crippen molar-refractivity contribution in [2.75, 3.05) is 13.1 Å². The molecule has 4 rings (SSSR count). The minimum Gasteiger partial charge on any atom is -0.291 e. The van der Waals surface area contributed by atoms with Crippen molar-refractivity contribution in [3.63, 3.8) is 0 Å². The molecule has 2 aliphatic rings. The van der Waals surface area contributed by atoms with Crippen LogP contribution in [-0.2, 0) is 16.1 Å². The number of rotatable bonds is 4. The molecule has 0 saturated carbocycles. The molecule has 0 N–H and O–H groups in total. The van der Waals surface area contributed by atoms with E-state index in [1.165, 1.54) is 16.0 Å². The maximum absolute atomic E-state index is 12.9. The van der Waals surface area contributed by atoms with Crippen molar-refractivity contribution in [1.29, 1.82) is 0 Å². The fourth-order valence-electron chi connectivity index (χ4n) is 4.27. The van der Waals surface area contributed by atoms with Crippen LogP contribution in [0.4, 0.5) is 0 Å². The van der Waals surface area contributed by atoms with E-state index in [4.69, 9.17) is 0 Å². The summed E-state index contributed by atoms with van der Waals surface area (Å²) in [5, 5.41) is 0. The number of carbonyl (C=O) groups excluding carboxylic acids is 2. The topological polar surface area (TPSA) is 40.6 Å². The molecule has 2 aliphatic heterocycles. The molecule has 4 heteroatoms. The van der Waals surface area contributed by atoms with Gasteiger partial charge in [0.2, 0.25) is 11.8 Å². The highest BCUT2D eigenvalue weighted by molar-refractivity contribution is 6.05. The van der Waals surface area contributed by atoms with E-state index in [1.807, 2.05) is 30.3 Å². The van der Waals surface area contributed by atoms with Crippen molar-refractivity contribution >= 4 is 11.8 Å². The fourth-order valence-corrected chi connectivity index (χ4v) is 4.27. The molecular formula is C23H26N2O2. The van der Waals surface area contributed by atoms with E-state index in [0.29, 0.717) is 18.9 Å². The molecule has 2 amide bonds. The van der Waals surface area contributed by atoms with Gasteiger partial charge in [0.1, 0.15) is 0 Å². The zero-order valence-corrected chi connectivity index (χ0v) is 15.8. The molecule has 1 atom stereocenters. The van der Waals surface area contributed by atoms with E-state index >= 15 is 0 Å². The second-order valence-corrected chi connectivity index (χ2v) is 7.74. The van der Waals surface area contributed by atoms with Crippen LogP contribution in [0, 0.1) is 6.92 Å². The predicted molar refractivity (Wildman–Crippen MR) is 105 cm³/mol. The summed E-state index contributed by atoms with van der Waals surface area (Å²) in [4.78, 5) is 29.0. The molecule has 2 saturated heterocycles. The van der Waals surface area contributed by atoms with Gasteiger partial charge in [-0.25, -0.2) is 0 Å². The second kappa shape index (κ2) is 7.65. The van der Waals surface area contributed by atoms with Gasteiger partial charge in [-0.05, 0) is 49.9 Å². The number of aryl methyl sites for hydroxylation is 1. The normalized spacial score (nSPS) is 21.8. The molecule has 0 bridgehead atoms. The van der Waals surface area contributed by atoms with Crippen molar-refractivity contribution in [1.82, 2.24) is 9.80 Å². The van der Waals surface area contributed by atoms with E-state index < -0.39 is 0 Å². The number of amides is 2. The van der Waals surface area contributed by atoms with Crippen LogP contribution in [0.1, 0.15) is 41.9 Å². The van der Waals surface area contributed by atoms with Crippen molar-refractivity contribution in [2.45, 2.75) is 44.7 Å². The lowest BCUT2D eigenvalue weighted by Crippen LogP contribution is -2.45. The molecule has 0 radical (unpaired) electrons. The molecule has 2 aromatic carbocycles. The Morgan fingerprint density at radius 3 is 2.26 bits per heavy atom. The van der Waals surface area contributed by atoms with Gasteiger partial charge in [-0.2, -0.15) is 0 Å². The van der Waals surface area contributed by atoms with Crippen LogP contribution in [-0.4, -0.2) is 40.7 Å². The van der Waals surface area contributed by atoms with E-state index in [-0.39, 0.29) is 17.9 Å². The number of likely N-dealkylation sites (tertiary alicyclic amines) is 2. The van der Waals surface area contributed by atoms with E-state index in [2.05, 4.69) is 36.1 Å². The third-order valence-corrected chi connectivity index (χ3v) is 5.92. The fraction of sp³-hybridized carbons (Fsp3) is 0.391. The van der Waals surface area contributed by atoms with Gasteiger partial charge < -0.3 is 0 Å². The first-order valence-corrected chi connectivity index (χ1v) is 9.80. The summed E-state index contributed by atoms with van der Waals surface area (Å²) < 4.78 is 0. The molecule has 2 fully saturated rings. The summed E-state index contributed by atoms with van der Waals surface area (Å²) in [6.45, 7) is 4.24. The lowest BCUT2D eigenvalue weighted by Gasteiger charge is -2.35. The van der Waals surface area contributed by atoms with Gasteiger partial charge >= 0.3 is 0 Å². The number of nitrogens with zero attached hydrogens (tertiary/aromatic N) is 2. The average molecular weight is 362 g/mol. The highest BCUT2D eigenvalue weighted by Gasteiger charge is 2.42. The van der Waals surface area contributed by atoms with Crippen molar-refractivity contribution in [3.8, 4) is 0 Å². The third-order valence-electron chi connectivity index (χ3n) is 5.92. The standard InChI is InChI=1S/C23H26N2O2/c1-17-7-9-19(10-8-17)20-11-13-24(14-12-20)21-15-22(26)25(23(21)27)16-18-5-3-2-4-6-18/h2-10,20-21H,11-16H2,1H3/t21-/m1/s1. The van der Waals surface area contributed by atoms with Crippen LogP contribution in [0.15, 0.2) is 54.6 Å². The minimum atomic E-state index is -0.278. The number of piperidine rings is 1. The predicted octanol–water partition coefficient (Wildman–Crippen LogP) is 3.50. The maximum Gasteiger partial charge on any atom is 0.247 e. The average Bonchev–Trinajstić information content (AvgIpc) is 2.98. The molecule has 2 aromatic rings. The number of hydrogen-bond donors (Lipinski definition) is 0. The molecule has 27 heavy (non-hydrogen) atoms. The molecular weight excluding hydrogens is 336 g/mol. The number of carbonyl (C=O) groups is 2. The number of hydrogen-bond acceptors (Lipinski definition) is 3. The van der Waals surface area contributed by atoms with E-state index in [0.717, 1.165) is 31.5 Å². The van der Waals surface area contributed by atoms with Gasteiger partial charge in [0.15, 0.2) is 0 Å². The molecule has 4 nitrogen and oxygen atoms in total. The summed E-state index contributed by atoms with van der Waals surface area (Å²) in [6.07, 6.45) is 2.40. The summed E-state index contributed by atoms with van der Waals surface area (Å²) in [5.74, 6) is 0.474. The number of benzene rings is 2. The lowest BCUT2D eigenvalue weighted by molar-refractivity contribution is -0.140. The summed E-state index contributed by atoms with van der Waals surface area (Å²) in [7, 11) is 0. The summed E-state index contributed by atoms with van der Waals surface area (Å²) in [5.41, 5.74) is 3.67. The van der Waals surface area contributed by atoms with Crippen molar-refractivity contribution in [3.05, 3.63) is 71.3 Å². The second-order valence-electron chi connectivity index (χ2n) is 7.74. The smallest absolute Gasteiger partial charge is 0.247 e. The van der Waals surface area contributed by atoms with Crippen LogP contribution < -0.4 is 0 Å². The summed E-state index contributed by atoms with van der Waals surface area (Å²) in [6, 6.07) is 18.2. The van der Waals surface area contributed by atoms with E-state index in [1.54, 1.807) is 0 Å². The van der Waals surface area contributed by atoms with Gasteiger partial charge in [-0.1, -0.05) is 60.2 Å². The Hall–Kier alpha value is -2.46. The summed E-state index contributed by atoms with van der Waals surface area (Å²) >= 11 is 0. The Labute approximate surface area is 160 Å². The highest BCUT2D eigenvalue weighted by Crippen LogP contribution is 2.31. The first-order valence-electron chi connectivity index (χ1n) is 9.80. The van der Waals surface area contributed by atoms with Gasteiger partial charge in [-0.3, -0.25) is 19.4 Å². The molecule has 0 aromatic heterocycles.